The number of rotatable bonds is 6. The third-order valence-corrected chi connectivity index (χ3v) is 5.44. The molecule has 0 spiro atoms. The third kappa shape index (κ3) is 5.37. The molecule has 0 bridgehead atoms. The van der Waals surface area contributed by atoms with E-state index in [9.17, 15) is 9.59 Å². The molecule has 1 saturated heterocycles. The summed E-state index contributed by atoms with van der Waals surface area (Å²) in [5.41, 5.74) is 3.49. The van der Waals surface area contributed by atoms with Crippen molar-refractivity contribution in [3.8, 4) is 0 Å². The van der Waals surface area contributed by atoms with Crippen molar-refractivity contribution in [2.45, 2.75) is 40.2 Å². The van der Waals surface area contributed by atoms with Gasteiger partial charge in [0.25, 0.3) is 5.91 Å². The van der Waals surface area contributed by atoms with Crippen LogP contribution in [-0.4, -0.2) is 30.9 Å². The van der Waals surface area contributed by atoms with Crippen LogP contribution in [0, 0.1) is 18.8 Å². The minimum Gasteiger partial charge on any atom is -0.371 e. The molecule has 0 radical (unpaired) electrons. The van der Waals surface area contributed by atoms with Crippen LogP contribution in [-0.2, 0) is 4.79 Å². The maximum atomic E-state index is 12.8. The van der Waals surface area contributed by atoms with Crippen molar-refractivity contribution in [1.29, 1.82) is 0 Å². The van der Waals surface area contributed by atoms with Crippen molar-refractivity contribution in [2.75, 3.05) is 23.3 Å². The molecular weight excluding hydrogens is 362 g/mol. The lowest BCUT2D eigenvalue weighted by Gasteiger charge is -2.22. The first-order chi connectivity index (χ1) is 13.8. The van der Waals surface area contributed by atoms with Crippen LogP contribution in [0.1, 0.15) is 43.1 Å². The predicted molar refractivity (Wildman–Crippen MR) is 118 cm³/mol. The Morgan fingerprint density at radius 1 is 1.10 bits per heavy atom. The van der Waals surface area contributed by atoms with Crippen molar-refractivity contribution in [3.63, 3.8) is 0 Å². The first-order valence-corrected chi connectivity index (χ1v) is 10.4. The van der Waals surface area contributed by atoms with Crippen LogP contribution in [0.5, 0.6) is 0 Å². The van der Waals surface area contributed by atoms with E-state index < -0.39 is 6.04 Å². The first-order valence-electron chi connectivity index (χ1n) is 10.4. The highest BCUT2D eigenvalue weighted by atomic mass is 16.2. The third-order valence-electron chi connectivity index (χ3n) is 5.44. The summed E-state index contributed by atoms with van der Waals surface area (Å²) in [5.74, 6) is 0.247. The van der Waals surface area contributed by atoms with Crippen LogP contribution in [0.2, 0.25) is 0 Å². The molecule has 2 unspecified atom stereocenters. The Kier molecular flexibility index (Phi) is 6.57. The Morgan fingerprint density at radius 2 is 1.83 bits per heavy atom. The van der Waals surface area contributed by atoms with Gasteiger partial charge in [-0.2, -0.15) is 0 Å². The highest BCUT2D eigenvalue weighted by Gasteiger charge is 2.25. The minimum atomic E-state index is -0.609. The van der Waals surface area contributed by atoms with Gasteiger partial charge in [0.15, 0.2) is 0 Å². The fourth-order valence-electron chi connectivity index (χ4n) is 3.69. The molecular formula is C24H31N3O2. The topological polar surface area (TPSA) is 61.4 Å². The standard InChI is InChI=1S/C24H31N3O2/c1-16(2)22(26-23(28)19-7-5-6-17(3)14-19)24(29)25-20-8-10-21(11-9-20)27-13-12-18(4)15-27/h5-11,14,16,18,22H,12-13,15H2,1-4H3,(H,25,29)(H,26,28). The number of nitrogens with one attached hydrogen (secondary N) is 2. The van der Waals surface area contributed by atoms with Crippen LogP contribution in [0.4, 0.5) is 11.4 Å². The summed E-state index contributed by atoms with van der Waals surface area (Å²) >= 11 is 0. The Hall–Kier alpha value is -2.82. The molecule has 2 aromatic rings. The second-order valence-electron chi connectivity index (χ2n) is 8.44. The van der Waals surface area contributed by atoms with Crippen LogP contribution in [0.3, 0.4) is 0 Å². The fourth-order valence-corrected chi connectivity index (χ4v) is 3.69. The SMILES string of the molecule is Cc1cccc(C(=O)NC(C(=O)Nc2ccc(N3CCC(C)C3)cc2)C(C)C)c1. The number of carbonyl (C=O) groups excluding carboxylic acids is 2. The molecule has 2 aromatic carbocycles. The normalized spacial score (nSPS) is 17.3. The van der Waals surface area contributed by atoms with Gasteiger partial charge in [0.05, 0.1) is 0 Å². The quantitative estimate of drug-likeness (QED) is 0.772. The maximum Gasteiger partial charge on any atom is 0.251 e. The van der Waals surface area contributed by atoms with Crippen LogP contribution >= 0.6 is 0 Å². The molecule has 2 amide bonds. The van der Waals surface area contributed by atoms with E-state index in [2.05, 4.69) is 22.5 Å². The molecule has 29 heavy (non-hydrogen) atoms. The lowest BCUT2D eigenvalue weighted by Crippen LogP contribution is -2.47. The molecule has 5 nitrogen and oxygen atoms in total. The Labute approximate surface area is 173 Å². The van der Waals surface area contributed by atoms with Gasteiger partial charge in [0, 0.05) is 30.0 Å². The van der Waals surface area contributed by atoms with Gasteiger partial charge in [-0.15, -0.1) is 0 Å². The van der Waals surface area contributed by atoms with Crippen molar-refractivity contribution >= 4 is 23.2 Å². The monoisotopic (exact) mass is 393 g/mol. The molecule has 2 N–H and O–H groups in total. The summed E-state index contributed by atoms with van der Waals surface area (Å²) in [6.45, 7) is 10.2. The molecule has 3 rings (SSSR count). The number of nitrogens with zero attached hydrogens (tertiary/aromatic N) is 1. The van der Waals surface area contributed by atoms with E-state index >= 15 is 0 Å². The molecule has 0 aliphatic carbocycles. The van der Waals surface area contributed by atoms with E-state index in [4.69, 9.17) is 0 Å². The van der Waals surface area contributed by atoms with E-state index in [1.54, 1.807) is 6.07 Å². The summed E-state index contributed by atoms with van der Waals surface area (Å²) in [6, 6.07) is 14.7. The number of aryl methyl sites for hydroxylation is 1. The van der Waals surface area contributed by atoms with Crippen molar-refractivity contribution in [2.24, 2.45) is 11.8 Å². The van der Waals surface area contributed by atoms with Gasteiger partial charge >= 0.3 is 0 Å². The van der Waals surface area contributed by atoms with E-state index in [0.717, 1.165) is 30.3 Å². The Balaban J connectivity index is 1.64. The smallest absolute Gasteiger partial charge is 0.251 e. The number of benzene rings is 2. The zero-order valence-corrected chi connectivity index (χ0v) is 17.7. The van der Waals surface area contributed by atoms with Gasteiger partial charge in [-0.1, -0.05) is 38.5 Å². The van der Waals surface area contributed by atoms with Crippen LogP contribution < -0.4 is 15.5 Å². The van der Waals surface area contributed by atoms with Gasteiger partial charge in [-0.3, -0.25) is 9.59 Å². The number of carbonyl (C=O) groups is 2. The van der Waals surface area contributed by atoms with Crippen molar-refractivity contribution < 1.29 is 9.59 Å². The Bertz CT molecular complexity index is 861. The number of anilines is 2. The van der Waals surface area contributed by atoms with Crippen LogP contribution in [0.15, 0.2) is 48.5 Å². The first kappa shape index (κ1) is 20.9. The highest BCUT2D eigenvalue weighted by molar-refractivity contribution is 6.01. The maximum absolute atomic E-state index is 12.8. The second kappa shape index (κ2) is 9.12. The predicted octanol–water partition coefficient (Wildman–Crippen LogP) is 4.23. The zero-order valence-electron chi connectivity index (χ0n) is 17.7. The van der Waals surface area contributed by atoms with Gasteiger partial charge in [0.1, 0.15) is 6.04 Å². The van der Waals surface area contributed by atoms with E-state index in [0.29, 0.717) is 5.56 Å². The lowest BCUT2D eigenvalue weighted by molar-refractivity contribution is -0.118. The largest absolute Gasteiger partial charge is 0.371 e. The van der Waals surface area contributed by atoms with Crippen molar-refractivity contribution in [3.05, 3.63) is 59.7 Å². The highest BCUT2D eigenvalue weighted by Crippen LogP contribution is 2.25. The average molecular weight is 394 g/mol. The average Bonchev–Trinajstić information content (AvgIpc) is 3.12. The number of hydrogen-bond acceptors (Lipinski definition) is 3. The number of hydrogen-bond donors (Lipinski definition) is 2. The van der Waals surface area contributed by atoms with Gasteiger partial charge in [-0.25, -0.2) is 0 Å². The molecule has 2 atom stereocenters. The van der Waals surface area contributed by atoms with Crippen LogP contribution in [0.25, 0.3) is 0 Å². The van der Waals surface area contributed by atoms with E-state index in [-0.39, 0.29) is 17.7 Å². The molecule has 1 aliphatic rings. The van der Waals surface area contributed by atoms with Gasteiger partial charge < -0.3 is 15.5 Å². The Morgan fingerprint density at radius 3 is 2.41 bits per heavy atom. The molecule has 154 valence electrons. The molecule has 1 fully saturated rings. The lowest BCUT2D eigenvalue weighted by atomic mass is 10.0. The summed E-state index contributed by atoms with van der Waals surface area (Å²) < 4.78 is 0. The molecule has 1 heterocycles. The molecule has 0 aromatic heterocycles. The molecule has 0 saturated carbocycles. The second-order valence-corrected chi connectivity index (χ2v) is 8.44. The summed E-state index contributed by atoms with van der Waals surface area (Å²) in [4.78, 5) is 27.8. The number of amides is 2. The fraction of sp³-hybridized carbons (Fsp3) is 0.417. The van der Waals surface area contributed by atoms with Crippen molar-refractivity contribution in [1.82, 2.24) is 5.32 Å². The molecule has 5 heteroatoms. The zero-order chi connectivity index (χ0) is 21.0. The van der Waals surface area contributed by atoms with E-state index in [1.165, 1.54) is 12.1 Å². The summed E-state index contributed by atoms with van der Waals surface area (Å²) in [5, 5.41) is 5.83. The van der Waals surface area contributed by atoms with E-state index in [1.807, 2.05) is 63.2 Å². The minimum absolute atomic E-state index is 0.0332. The van der Waals surface area contributed by atoms with Gasteiger partial charge in [-0.05, 0) is 61.6 Å². The molecule has 1 aliphatic heterocycles. The van der Waals surface area contributed by atoms with Gasteiger partial charge in [0.2, 0.25) is 5.91 Å². The summed E-state index contributed by atoms with van der Waals surface area (Å²) in [6.07, 6.45) is 1.22. The summed E-state index contributed by atoms with van der Waals surface area (Å²) in [7, 11) is 0.